The first-order valence-corrected chi connectivity index (χ1v) is 5.69. The van der Waals surface area contributed by atoms with Gasteiger partial charge in [0.25, 0.3) is 0 Å². The summed E-state index contributed by atoms with van der Waals surface area (Å²) in [4.78, 5) is 14.4. The van der Waals surface area contributed by atoms with Crippen molar-refractivity contribution >= 4 is 5.97 Å². The molecule has 0 atom stereocenters. The van der Waals surface area contributed by atoms with Gasteiger partial charge in [0.1, 0.15) is 5.82 Å². The van der Waals surface area contributed by atoms with Crippen LogP contribution in [0, 0.1) is 5.82 Å². The summed E-state index contributed by atoms with van der Waals surface area (Å²) in [6.07, 6.45) is 4.88. The second-order valence-corrected chi connectivity index (χ2v) is 4.01. The van der Waals surface area contributed by atoms with Crippen molar-refractivity contribution in [3.8, 4) is 0 Å². The van der Waals surface area contributed by atoms with Crippen LogP contribution in [0.3, 0.4) is 0 Å². The van der Waals surface area contributed by atoms with Crippen LogP contribution < -0.4 is 0 Å². The summed E-state index contributed by atoms with van der Waals surface area (Å²) < 4.78 is 17.4. The lowest BCUT2D eigenvalue weighted by molar-refractivity contribution is 0.0600. The first kappa shape index (κ1) is 12.4. The smallest absolute Gasteiger partial charge is 0.339 e. The van der Waals surface area contributed by atoms with Gasteiger partial charge in [0.05, 0.1) is 12.7 Å². The van der Waals surface area contributed by atoms with Crippen LogP contribution in [0.4, 0.5) is 4.39 Å². The summed E-state index contributed by atoms with van der Waals surface area (Å²) in [7, 11) is 1.36. The van der Waals surface area contributed by atoms with Crippen LogP contribution in [0.5, 0.6) is 0 Å². The Kier molecular flexibility index (Phi) is 3.77. The van der Waals surface area contributed by atoms with Gasteiger partial charge in [0, 0.05) is 12.4 Å². The minimum atomic E-state index is -0.342. The maximum atomic E-state index is 12.7. The molecule has 1 aromatic heterocycles. The number of nitrogens with one attached hydrogen (secondary N) is 1. The summed E-state index contributed by atoms with van der Waals surface area (Å²) in [5, 5.41) is 0. The van der Waals surface area contributed by atoms with E-state index in [1.54, 1.807) is 24.5 Å². The number of aromatic nitrogens is 1. The van der Waals surface area contributed by atoms with E-state index in [0.717, 1.165) is 17.5 Å². The first-order valence-electron chi connectivity index (χ1n) is 5.69. The SMILES string of the molecule is COC(=O)c1c[nH]cc1CCc1ccc(F)cc1. The maximum absolute atomic E-state index is 12.7. The van der Waals surface area contributed by atoms with Gasteiger partial charge >= 0.3 is 5.97 Å². The molecule has 0 spiro atoms. The molecule has 3 nitrogen and oxygen atoms in total. The second-order valence-electron chi connectivity index (χ2n) is 4.01. The van der Waals surface area contributed by atoms with Gasteiger partial charge in [0.15, 0.2) is 0 Å². The van der Waals surface area contributed by atoms with Crippen molar-refractivity contribution < 1.29 is 13.9 Å². The highest BCUT2D eigenvalue weighted by Crippen LogP contribution is 2.13. The first-order chi connectivity index (χ1) is 8.70. The zero-order valence-corrected chi connectivity index (χ0v) is 10.1. The molecule has 94 valence electrons. The van der Waals surface area contributed by atoms with Crippen LogP contribution in [0.15, 0.2) is 36.7 Å². The van der Waals surface area contributed by atoms with Crippen molar-refractivity contribution in [2.75, 3.05) is 7.11 Å². The van der Waals surface area contributed by atoms with Crippen molar-refractivity contribution in [2.24, 2.45) is 0 Å². The molecule has 0 aliphatic heterocycles. The quantitative estimate of drug-likeness (QED) is 0.844. The average Bonchev–Trinajstić information content (AvgIpc) is 2.85. The Balaban J connectivity index is 2.04. The fourth-order valence-electron chi connectivity index (χ4n) is 1.83. The lowest BCUT2D eigenvalue weighted by Gasteiger charge is -2.03. The van der Waals surface area contributed by atoms with Crippen LogP contribution in [0.2, 0.25) is 0 Å². The van der Waals surface area contributed by atoms with E-state index in [0.29, 0.717) is 12.0 Å². The van der Waals surface area contributed by atoms with E-state index in [4.69, 9.17) is 4.74 Å². The third-order valence-electron chi connectivity index (χ3n) is 2.83. The van der Waals surface area contributed by atoms with E-state index in [9.17, 15) is 9.18 Å². The summed E-state index contributed by atoms with van der Waals surface area (Å²) in [5.74, 6) is -0.582. The minimum Gasteiger partial charge on any atom is -0.465 e. The number of halogens is 1. The number of carbonyl (C=O) groups excluding carboxylic acids is 1. The largest absolute Gasteiger partial charge is 0.465 e. The van der Waals surface area contributed by atoms with Crippen LogP contribution >= 0.6 is 0 Å². The maximum Gasteiger partial charge on any atom is 0.339 e. The highest BCUT2D eigenvalue weighted by Gasteiger charge is 2.12. The molecule has 1 heterocycles. The molecule has 0 saturated heterocycles. The molecule has 1 aromatic carbocycles. The number of benzene rings is 1. The van der Waals surface area contributed by atoms with Gasteiger partial charge in [-0.05, 0) is 36.1 Å². The monoisotopic (exact) mass is 247 g/mol. The standard InChI is InChI=1S/C14H14FNO2/c1-18-14(17)13-9-16-8-11(13)5-2-10-3-6-12(15)7-4-10/h3-4,6-9,16H,2,5H2,1H3. The third kappa shape index (κ3) is 2.77. The molecule has 0 fully saturated rings. The van der Waals surface area contributed by atoms with Gasteiger partial charge in [-0.2, -0.15) is 0 Å². The number of aromatic amines is 1. The summed E-state index contributed by atoms with van der Waals surface area (Å²) >= 11 is 0. The van der Waals surface area contributed by atoms with Gasteiger partial charge < -0.3 is 9.72 Å². The number of aryl methyl sites for hydroxylation is 2. The number of methoxy groups -OCH3 is 1. The van der Waals surface area contributed by atoms with Gasteiger partial charge in [-0.25, -0.2) is 9.18 Å². The number of hydrogen-bond donors (Lipinski definition) is 1. The normalized spacial score (nSPS) is 10.3. The number of hydrogen-bond acceptors (Lipinski definition) is 2. The molecular weight excluding hydrogens is 233 g/mol. The Bertz CT molecular complexity index is 531. The molecule has 0 aliphatic carbocycles. The van der Waals surface area contributed by atoms with E-state index in [-0.39, 0.29) is 11.8 Å². The summed E-state index contributed by atoms with van der Waals surface area (Å²) in [6.45, 7) is 0. The second kappa shape index (κ2) is 5.49. The molecule has 0 amide bonds. The summed E-state index contributed by atoms with van der Waals surface area (Å²) in [5.41, 5.74) is 2.50. The Labute approximate surface area is 105 Å². The van der Waals surface area contributed by atoms with Crippen LogP contribution in [-0.4, -0.2) is 18.1 Å². The van der Waals surface area contributed by atoms with Crippen molar-refractivity contribution in [1.29, 1.82) is 0 Å². The highest BCUT2D eigenvalue weighted by atomic mass is 19.1. The number of rotatable bonds is 4. The van der Waals surface area contributed by atoms with Crippen molar-refractivity contribution in [2.45, 2.75) is 12.8 Å². The molecule has 0 radical (unpaired) electrons. The molecule has 1 N–H and O–H groups in total. The predicted octanol–water partition coefficient (Wildman–Crippen LogP) is 2.73. The third-order valence-corrected chi connectivity index (χ3v) is 2.83. The number of esters is 1. The zero-order chi connectivity index (χ0) is 13.0. The Morgan fingerprint density at radius 3 is 2.61 bits per heavy atom. The fourth-order valence-corrected chi connectivity index (χ4v) is 1.83. The lowest BCUT2D eigenvalue weighted by atomic mass is 10.0. The Morgan fingerprint density at radius 1 is 1.22 bits per heavy atom. The summed E-state index contributed by atoms with van der Waals surface area (Å²) in [6, 6.07) is 6.38. The predicted molar refractivity (Wildman–Crippen MR) is 65.9 cm³/mol. The molecule has 2 aromatic rings. The van der Waals surface area contributed by atoms with E-state index < -0.39 is 0 Å². The molecule has 0 bridgehead atoms. The molecule has 2 rings (SSSR count). The van der Waals surface area contributed by atoms with Gasteiger partial charge in [-0.15, -0.1) is 0 Å². The van der Waals surface area contributed by atoms with Crippen molar-refractivity contribution in [3.05, 3.63) is 59.2 Å². The highest BCUT2D eigenvalue weighted by molar-refractivity contribution is 5.90. The minimum absolute atomic E-state index is 0.240. The lowest BCUT2D eigenvalue weighted by Crippen LogP contribution is -2.03. The number of carbonyl (C=O) groups is 1. The molecule has 18 heavy (non-hydrogen) atoms. The van der Waals surface area contributed by atoms with Crippen LogP contribution in [0.25, 0.3) is 0 Å². The van der Waals surface area contributed by atoms with Gasteiger partial charge in [-0.1, -0.05) is 12.1 Å². The number of ether oxygens (including phenoxy) is 1. The van der Waals surface area contributed by atoms with Gasteiger partial charge in [0.2, 0.25) is 0 Å². The molecule has 0 saturated carbocycles. The molecule has 0 aliphatic rings. The average molecular weight is 247 g/mol. The number of H-pyrrole nitrogens is 1. The Morgan fingerprint density at radius 2 is 1.94 bits per heavy atom. The van der Waals surface area contributed by atoms with Crippen LogP contribution in [0.1, 0.15) is 21.5 Å². The van der Waals surface area contributed by atoms with Crippen LogP contribution in [-0.2, 0) is 17.6 Å². The van der Waals surface area contributed by atoms with E-state index >= 15 is 0 Å². The van der Waals surface area contributed by atoms with E-state index in [1.807, 2.05) is 0 Å². The molecular formula is C14H14FNO2. The molecule has 4 heteroatoms. The fraction of sp³-hybridized carbons (Fsp3) is 0.214. The molecule has 0 unspecified atom stereocenters. The van der Waals surface area contributed by atoms with Crippen molar-refractivity contribution in [1.82, 2.24) is 4.98 Å². The topological polar surface area (TPSA) is 42.1 Å². The van der Waals surface area contributed by atoms with E-state index in [1.165, 1.54) is 19.2 Å². The zero-order valence-electron chi connectivity index (χ0n) is 10.1. The Hall–Kier alpha value is -2.10. The van der Waals surface area contributed by atoms with E-state index in [2.05, 4.69) is 4.98 Å². The van der Waals surface area contributed by atoms with Gasteiger partial charge in [-0.3, -0.25) is 0 Å². The van der Waals surface area contributed by atoms with Crippen molar-refractivity contribution in [3.63, 3.8) is 0 Å².